The van der Waals surface area contributed by atoms with Crippen molar-refractivity contribution in [3.8, 4) is 0 Å². The summed E-state index contributed by atoms with van der Waals surface area (Å²) in [5, 5.41) is 0.784. The second-order valence-electron chi connectivity index (χ2n) is 5.25. The first-order valence-corrected chi connectivity index (χ1v) is 7.11. The van der Waals surface area contributed by atoms with E-state index < -0.39 is 5.91 Å². The summed E-state index contributed by atoms with van der Waals surface area (Å²) in [5.74, 6) is -0.583. The third-order valence-corrected chi connectivity index (χ3v) is 3.62. The molecule has 3 aromatic rings. The molecule has 0 aliphatic heterocycles. The molecular formula is C18H15N3O2. The van der Waals surface area contributed by atoms with Gasteiger partial charge in [-0.2, -0.15) is 0 Å². The molecule has 5 nitrogen and oxygen atoms in total. The largest absolute Gasteiger partial charge is 0.366 e. The summed E-state index contributed by atoms with van der Waals surface area (Å²) >= 11 is 0. The van der Waals surface area contributed by atoms with Crippen molar-refractivity contribution in [1.29, 1.82) is 0 Å². The van der Waals surface area contributed by atoms with Crippen molar-refractivity contribution in [3.05, 3.63) is 71.1 Å². The molecule has 0 spiro atoms. The summed E-state index contributed by atoms with van der Waals surface area (Å²) in [7, 11) is 0. The van der Waals surface area contributed by atoms with Gasteiger partial charge in [0.2, 0.25) is 5.91 Å². The zero-order valence-electron chi connectivity index (χ0n) is 12.5. The Labute approximate surface area is 132 Å². The number of nitrogens with one attached hydrogen (secondary N) is 1. The summed E-state index contributed by atoms with van der Waals surface area (Å²) in [6, 6.07) is 10.7. The first-order valence-electron chi connectivity index (χ1n) is 7.11. The second-order valence-corrected chi connectivity index (χ2v) is 5.25. The molecular weight excluding hydrogens is 290 g/mol. The van der Waals surface area contributed by atoms with Crippen LogP contribution in [0.1, 0.15) is 28.4 Å². The third kappa shape index (κ3) is 2.89. The number of ketones is 1. The van der Waals surface area contributed by atoms with E-state index in [1.807, 2.05) is 12.1 Å². The first kappa shape index (κ1) is 14.7. The van der Waals surface area contributed by atoms with Gasteiger partial charge < -0.3 is 10.7 Å². The summed E-state index contributed by atoms with van der Waals surface area (Å²) in [4.78, 5) is 31.0. The summed E-state index contributed by atoms with van der Waals surface area (Å²) in [5.41, 5.74) is 8.22. The molecule has 0 bridgehead atoms. The van der Waals surface area contributed by atoms with Crippen LogP contribution in [0.15, 0.2) is 54.4 Å². The first-order chi connectivity index (χ1) is 11.1. The number of pyridine rings is 1. The number of hydrogen-bond donors (Lipinski definition) is 2. The normalized spacial score (nSPS) is 11.6. The lowest BCUT2D eigenvalue weighted by Gasteiger charge is -2.02. The Morgan fingerprint density at radius 3 is 2.83 bits per heavy atom. The summed E-state index contributed by atoms with van der Waals surface area (Å²) < 4.78 is 0. The highest BCUT2D eigenvalue weighted by molar-refractivity contribution is 6.16. The smallest absolute Gasteiger partial charge is 0.244 e. The average molecular weight is 305 g/mol. The lowest BCUT2D eigenvalue weighted by molar-refractivity contribution is -0.114. The maximum atomic E-state index is 12.7. The molecule has 0 fully saturated rings. The van der Waals surface area contributed by atoms with Crippen LogP contribution in [-0.4, -0.2) is 21.7 Å². The number of H-pyrrole nitrogens is 1. The van der Waals surface area contributed by atoms with Gasteiger partial charge in [0.1, 0.15) is 5.65 Å². The van der Waals surface area contributed by atoms with Crippen molar-refractivity contribution in [1.82, 2.24) is 9.97 Å². The molecule has 2 aromatic heterocycles. The molecule has 0 aliphatic rings. The van der Waals surface area contributed by atoms with Crippen LogP contribution >= 0.6 is 0 Å². The Morgan fingerprint density at radius 1 is 1.22 bits per heavy atom. The molecule has 0 aliphatic carbocycles. The van der Waals surface area contributed by atoms with Gasteiger partial charge in [-0.05, 0) is 36.8 Å². The maximum Gasteiger partial charge on any atom is 0.244 e. The van der Waals surface area contributed by atoms with E-state index >= 15 is 0 Å². The number of fused-ring (bicyclic) bond motifs is 1. The van der Waals surface area contributed by atoms with Gasteiger partial charge in [0, 0.05) is 34.5 Å². The van der Waals surface area contributed by atoms with Gasteiger partial charge in [-0.15, -0.1) is 0 Å². The molecule has 0 unspecified atom stereocenters. The number of primary amides is 1. The van der Waals surface area contributed by atoms with Crippen LogP contribution in [0.4, 0.5) is 0 Å². The van der Waals surface area contributed by atoms with Gasteiger partial charge in [0.15, 0.2) is 5.78 Å². The van der Waals surface area contributed by atoms with E-state index in [9.17, 15) is 9.59 Å². The maximum absolute atomic E-state index is 12.7. The van der Waals surface area contributed by atoms with Crippen molar-refractivity contribution in [2.24, 2.45) is 5.73 Å². The van der Waals surface area contributed by atoms with Crippen LogP contribution < -0.4 is 5.73 Å². The van der Waals surface area contributed by atoms with Crippen LogP contribution in [0.3, 0.4) is 0 Å². The fourth-order valence-corrected chi connectivity index (χ4v) is 2.39. The number of benzene rings is 1. The molecule has 3 N–H and O–H groups in total. The Morgan fingerprint density at radius 2 is 2.04 bits per heavy atom. The molecule has 0 atom stereocenters. The number of carbonyl (C=O) groups excluding carboxylic acids is 2. The van der Waals surface area contributed by atoms with Crippen LogP contribution in [0.25, 0.3) is 17.1 Å². The number of amides is 1. The Bertz CT molecular complexity index is 938. The minimum atomic E-state index is -0.482. The van der Waals surface area contributed by atoms with Crippen LogP contribution in [-0.2, 0) is 4.79 Å². The minimum Gasteiger partial charge on any atom is -0.366 e. The molecule has 0 radical (unpaired) electrons. The minimum absolute atomic E-state index is 0.101. The van der Waals surface area contributed by atoms with Crippen LogP contribution in [0.2, 0.25) is 0 Å². The van der Waals surface area contributed by atoms with E-state index in [1.165, 1.54) is 0 Å². The second kappa shape index (κ2) is 5.88. The number of aromatic amines is 1. The van der Waals surface area contributed by atoms with E-state index in [4.69, 9.17) is 5.73 Å². The van der Waals surface area contributed by atoms with Crippen LogP contribution in [0, 0.1) is 0 Å². The van der Waals surface area contributed by atoms with Crippen molar-refractivity contribution >= 4 is 28.8 Å². The lowest BCUT2D eigenvalue weighted by atomic mass is 10.0. The monoisotopic (exact) mass is 305 g/mol. The molecule has 1 amide bonds. The Hall–Kier alpha value is -3.21. The molecule has 114 valence electrons. The van der Waals surface area contributed by atoms with Crippen molar-refractivity contribution < 1.29 is 9.59 Å². The predicted molar refractivity (Wildman–Crippen MR) is 88.8 cm³/mol. The van der Waals surface area contributed by atoms with Gasteiger partial charge in [-0.1, -0.05) is 18.2 Å². The summed E-state index contributed by atoms with van der Waals surface area (Å²) in [6.07, 6.45) is 5.00. The molecule has 5 heteroatoms. The standard InChI is InChI=1S/C18H15N3O2/c1-11(17(19)23)8-12-4-2-5-13(9-12)16(22)15-10-21-18-14(15)6-3-7-20-18/h2-10H,1H3,(H2,19,23)(H,20,21). The molecule has 1 aromatic carbocycles. The number of nitrogens with two attached hydrogens (primary N) is 1. The van der Waals surface area contributed by atoms with Crippen molar-refractivity contribution in [2.75, 3.05) is 0 Å². The SMILES string of the molecule is CC(=Cc1cccc(C(=O)c2c[nH]c3ncccc23)c1)C(N)=O. The van der Waals surface area contributed by atoms with Crippen molar-refractivity contribution in [2.45, 2.75) is 6.92 Å². The average Bonchev–Trinajstić information content (AvgIpc) is 2.98. The Balaban J connectivity index is 2.00. The van der Waals surface area contributed by atoms with Gasteiger partial charge in [0.25, 0.3) is 0 Å². The number of carbonyl (C=O) groups is 2. The topological polar surface area (TPSA) is 88.8 Å². The quantitative estimate of drug-likeness (QED) is 0.573. The lowest BCUT2D eigenvalue weighted by Crippen LogP contribution is -2.11. The third-order valence-electron chi connectivity index (χ3n) is 3.62. The zero-order chi connectivity index (χ0) is 16.4. The number of aromatic nitrogens is 2. The van der Waals surface area contributed by atoms with E-state index in [1.54, 1.807) is 49.7 Å². The van der Waals surface area contributed by atoms with Gasteiger partial charge >= 0.3 is 0 Å². The van der Waals surface area contributed by atoms with Crippen LogP contribution in [0.5, 0.6) is 0 Å². The fraction of sp³-hybridized carbons (Fsp3) is 0.0556. The molecule has 0 saturated carbocycles. The molecule has 2 heterocycles. The van der Waals surface area contributed by atoms with Gasteiger partial charge in [-0.25, -0.2) is 4.98 Å². The highest BCUT2D eigenvalue weighted by Gasteiger charge is 2.14. The van der Waals surface area contributed by atoms with Gasteiger partial charge in [-0.3, -0.25) is 9.59 Å². The predicted octanol–water partition coefficient (Wildman–Crippen LogP) is 2.68. The number of hydrogen-bond acceptors (Lipinski definition) is 3. The molecule has 3 rings (SSSR count). The van der Waals surface area contributed by atoms with E-state index in [0.29, 0.717) is 22.3 Å². The fourth-order valence-electron chi connectivity index (χ4n) is 2.39. The zero-order valence-corrected chi connectivity index (χ0v) is 12.5. The summed E-state index contributed by atoms with van der Waals surface area (Å²) in [6.45, 7) is 1.64. The number of nitrogens with zero attached hydrogens (tertiary/aromatic N) is 1. The van der Waals surface area contributed by atoms with E-state index in [0.717, 1.165) is 10.9 Å². The molecule has 23 heavy (non-hydrogen) atoms. The molecule has 0 saturated heterocycles. The highest BCUT2D eigenvalue weighted by Crippen LogP contribution is 2.20. The van der Waals surface area contributed by atoms with Crippen molar-refractivity contribution in [3.63, 3.8) is 0 Å². The Kier molecular flexibility index (Phi) is 3.76. The van der Waals surface area contributed by atoms with Gasteiger partial charge in [0.05, 0.1) is 0 Å². The van der Waals surface area contributed by atoms with E-state index in [2.05, 4.69) is 9.97 Å². The highest BCUT2D eigenvalue weighted by atomic mass is 16.1. The van der Waals surface area contributed by atoms with E-state index in [-0.39, 0.29) is 5.78 Å². The number of rotatable bonds is 4.